The molecule has 1 heterocycles. The van der Waals surface area contributed by atoms with Gasteiger partial charge in [-0.1, -0.05) is 47.1 Å². The van der Waals surface area contributed by atoms with Gasteiger partial charge in [0, 0.05) is 24.0 Å². The molecule has 1 aliphatic rings. The van der Waals surface area contributed by atoms with Crippen LogP contribution in [0.25, 0.3) is 11.1 Å². The van der Waals surface area contributed by atoms with Gasteiger partial charge in [-0.25, -0.2) is 0 Å². The molecule has 0 saturated carbocycles. The third kappa shape index (κ3) is 2.50. The number of halogens is 1. The molecule has 0 N–H and O–H groups in total. The summed E-state index contributed by atoms with van der Waals surface area (Å²) in [6, 6.07) is 14.8. The van der Waals surface area contributed by atoms with E-state index in [-0.39, 0.29) is 5.91 Å². The Labute approximate surface area is 127 Å². The van der Waals surface area contributed by atoms with Crippen LogP contribution < -0.4 is 0 Å². The smallest absolute Gasteiger partial charge is 0.222 e. The molecule has 1 amide bonds. The molecule has 0 fully saturated rings. The first kappa shape index (κ1) is 13.4. The maximum atomic E-state index is 11.8. The van der Waals surface area contributed by atoms with Crippen LogP contribution in [-0.4, -0.2) is 10.8 Å². The molecule has 0 unspecified atom stereocenters. The van der Waals surface area contributed by atoms with Crippen LogP contribution in [0.2, 0.25) is 0 Å². The van der Waals surface area contributed by atoms with E-state index >= 15 is 0 Å². The number of rotatable bonds is 2. The Morgan fingerprint density at radius 3 is 2.40 bits per heavy atom. The van der Waals surface area contributed by atoms with Gasteiger partial charge in [0.2, 0.25) is 5.91 Å². The molecule has 0 spiro atoms. The lowest BCUT2D eigenvalue weighted by atomic mass is 10.0. The molecule has 0 saturated heterocycles. The predicted octanol–water partition coefficient (Wildman–Crippen LogP) is 4.37. The van der Waals surface area contributed by atoms with Crippen molar-refractivity contribution in [1.82, 2.24) is 4.90 Å². The number of hydrogen-bond donors (Lipinski definition) is 0. The first-order chi connectivity index (χ1) is 9.67. The summed E-state index contributed by atoms with van der Waals surface area (Å²) >= 11 is 3.46. The second-order valence-corrected chi connectivity index (χ2v) is 6.01. The largest absolute Gasteiger partial charge is 0.334 e. The average molecular weight is 330 g/mol. The molecule has 0 atom stereocenters. The summed E-state index contributed by atoms with van der Waals surface area (Å²) < 4.78 is 1.09. The number of amides is 1. The number of carbonyl (C=O) groups excluding carboxylic acids is 1. The maximum Gasteiger partial charge on any atom is 0.222 e. The fraction of sp³-hybridized carbons (Fsp3) is 0.235. The van der Waals surface area contributed by atoms with Gasteiger partial charge in [-0.05, 0) is 40.5 Å². The summed E-state index contributed by atoms with van der Waals surface area (Å²) in [6.07, 6.45) is 0.577. The van der Waals surface area contributed by atoms with Crippen LogP contribution in [0.4, 0.5) is 0 Å². The Balaban J connectivity index is 1.89. The molecule has 1 aliphatic heterocycles. The highest BCUT2D eigenvalue weighted by Crippen LogP contribution is 2.29. The van der Waals surface area contributed by atoms with Crippen molar-refractivity contribution >= 4 is 21.8 Å². The molecule has 2 aromatic rings. The zero-order chi connectivity index (χ0) is 14.1. The molecule has 102 valence electrons. The van der Waals surface area contributed by atoms with Gasteiger partial charge in [-0.2, -0.15) is 0 Å². The lowest BCUT2D eigenvalue weighted by Crippen LogP contribution is -2.23. The second kappa shape index (κ2) is 5.41. The van der Waals surface area contributed by atoms with Crippen LogP contribution in [0.3, 0.4) is 0 Å². The topological polar surface area (TPSA) is 20.3 Å². The van der Waals surface area contributed by atoms with Crippen molar-refractivity contribution < 1.29 is 4.79 Å². The number of nitrogens with zero attached hydrogens (tertiary/aromatic N) is 1. The summed E-state index contributed by atoms with van der Waals surface area (Å²) in [5.41, 5.74) is 4.96. The Hall–Kier alpha value is -1.61. The van der Waals surface area contributed by atoms with Gasteiger partial charge in [0.15, 0.2) is 0 Å². The van der Waals surface area contributed by atoms with Crippen molar-refractivity contribution in [2.75, 3.05) is 0 Å². The minimum atomic E-state index is 0.228. The Bertz CT molecular complexity index is 649. The van der Waals surface area contributed by atoms with E-state index in [2.05, 4.69) is 58.4 Å². The zero-order valence-corrected chi connectivity index (χ0v) is 13.0. The van der Waals surface area contributed by atoms with Crippen molar-refractivity contribution in [1.29, 1.82) is 0 Å². The number of carbonyl (C=O) groups is 1. The van der Waals surface area contributed by atoms with Crippen molar-refractivity contribution in [3.63, 3.8) is 0 Å². The van der Waals surface area contributed by atoms with Gasteiger partial charge in [-0.3, -0.25) is 4.79 Å². The summed E-state index contributed by atoms with van der Waals surface area (Å²) in [6.45, 7) is 3.41. The quantitative estimate of drug-likeness (QED) is 0.801. The van der Waals surface area contributed by atoms with E-state index < -0.39 is 0 Å². The van der Waals surface area contributed by atoms with Gasteiger partial charge in [0.05, 0.1) is 0 Å². The van der Waals surface area contributed by atoms with E-state index in [0.29, 0.717) is 6.42 Å². The SMILES string of the molecule is CCC(=O)N1Cc2ccc(-c3ccc(Br)cc3)cc2C1. The second-order valence-electron chi connectivity index (χ2n) is 5.09. The summed E-state index contributed by atoms with van der Waals surface area (Å²) in [5, 5.41) is 0. The van der Waals surface area contributed by atoms with E-state index in [0.717, 1.165) is 17.6 Å². The van der Waals surface area contributed by atoms with Gasteiger partial charge >= 0.3 is 0 Å². The van der Waals surface area contributed by atoms with Crippen LogP contribution in [0.15, 0.2) is 46.9 Å². The summed E-state index contributed by atoms with van der Waals surface area (Å²) in [4.78, 5) is 13.7. The fourth-order valence-electron chi connectivity index (χ4n) is 2.62. The third-order valence-corrected chi connectivity index (χ3v) is 4.29. The van der Waals surface area contributed by atoms with Gasteiger partial charge in [-0.15, -0.1) is 0 Å². The highest BCUT2D eigenvalue weighted by atomic mass is 79.9. The fourth-order valence-corrected chi connectivity index (χ4v) is 2.88. The van der Waals surface area contributed by atoms with Crippen molar-refractivity contribution in [3.05, 3.63) is 58.1 Å². The number of fused-ring (bicyclic) bond motifs is 1. The van der Waals surface area contributed by atoms with E-state index in [1.807, 2.05) is 11.8 Å². The Morgan fingerprint density at radius 2 is 1.70 bits per heavy atom. The summed E-state index contributed by atoms with van der Waals surface area (Å²) in [5.74, 6) is 0.228. The molecule has 3 rings (SSSR count). The molecule has 0 aliphatic carbocycles. The highest BCUT2D eigenvalue weighted by molar-refractivity contribution is 9.10. The number of hydrogen-bond acceptors (Lipinski definition) is 1. The zero-order valence-electron chi connectivity index (χ0n) is 11.4. The lowest BCUT2D eigenvalue weighted by Gasteiger charge is -2.13. The summed E-state index contributed by atoms with van der Waals surface area (Å²) in [7, 11) is 0. The highest BCUT2D eigenvalue weighted by Gasteiger charge is 2.22. The Morgan fingerprint density at radius 1 is 1.05 bits per heavy atom. The predicted molar refractivity (Wildman–Crippen MR) is 84.1 cm³/mol. The number of benzene rings is 2. The van der Waals surface area contributed by atoms with Crippen LogP contribution in [-0.2, 0) is 17.9 Å². The van der Waals surface area contributed by atoms with E-state index in [4.69, 9.17) is 0 Å². The monoisotopic (exact) mass is 329 g/mol. The average Bonchev–Trinajstić information content (AvgIpc) is 2.90. The van der Waals surface area contributed by atoms with Crippen molar-refractivity contribution in [3.8, 4) is 11.1 Å². The van der Waals surface area contributed by atoms with Gasteiger partial charge < -0.3 is 4.90 Å². The molecule has 2 aromatic carbocycles. The molecule has 0 aromatic heterocycles. The van der Waals surface area contributed by atoms with Crippen LogP contribution in [0, 0.1) is 0 Å². The maximum absolute atomic E-state index is 11.8. The third-order valence-electron chi connectivity index (χ3n) is 3.76. The minimum absolute atomic E-state index is 0.228. The van der Waals surface area contributed by atoms with Gasteiger partial charge in [0.1, 0.15) is 0 Å². The molecule has 2 nitrogen and oxygen atoms in total. The van der Waals surface area contributed by atoms with E-state index in [9.17, 15) is 4.79 Å². The first-order valence-corrected chi connectivity index (χ1v) is 7.62. The minimum Gasteiger partial charge on any atom is -0.334 e. The first-order valence-electron chi connectivity index (χ1n) is 6.83. The molecular formula is C17H16BrNO. The van der Waals surface area contributed by atoms with Crippen LogP contribution in [0.1, 0.15) is 24.5 Å². The molecule has 0 bridgehead atoms. The Kier molecular flexibility index (Phi) is 3.62. The normalized spacial score (nSPS) is 13.4. The van der Waals surface area contributed by atoms with Gasteiger partial charge in [0.25, 0.3) is 0 Å². The van der Waals surface area contributed by atoms with Crippen LogP contribution >= 0.6 is 15.9 Å². The standard InChI is InChI=1S/C17H16BrNO/c1-2-17(20)19-10-14-4-3-13(9-15(14)11-19)12-5-7-16(18)8-6-12/h3-9H,2,10-11H2,1H3. The lowest BCUT2D eigenvalue weighted by molar-refractivity contribution is -0.131. The molecule has 20 heavy (non-hydrogen) atoms. The van der Waals surface area contributed by atoms with Crippen LogP contribution in [0.5, 0.6) is 0 Å². The van der Waals surface area contributed by atoms with Crippen molar-refractivity contribution in [2.45, 2.75) is 26.4 Å². The van der Waals surface area contributed by atoms with Crippen molar-refractivity contribution in [2.24, 2.45) is 0 Å². The molecule has 0 radical (unpaired) electrons. The molecule has 3 heteroatoms. The van der Waals surface area contributed by atoms with E-state index in [1.54, 1.807) is 0 Å². The van der Waals surface area contributed by atoms with E-state index in [1.165, 1.54) is 22.3 Å². The molecular weight excluding hydrogens is 314 g/mol.